The van der Waals surface area contributed by atoms with E-state index >= 15 is 0 Å². The molecule has 0 aliphatic carbocycles. The number of nitrogens with zero attached hydrogens (tertiary/aromatic N) is 2. The minimum absolute atomic E-state index is 0.184. The molecule has 0 unspecified atom stereocenters. The Balaban J connectivity index is 1.93. The molecular weight excluding hydrogens is 319 g/mol. The number of rotatable bonds is 5. The van der Waals surface area contributed by atoms with Crippen molar-refractivity contribution in [3.05, 3.63) is 30.1 Å². The molecule has 6 heteroatoms. The van der Waals surface area contributed by atoms with Crippen molar-refractivity contribution in [3.63, 3.8) is 0 Å². The van der Waals surface area contributed by atoms with Crippen LogP contribution in [-0.2, 0) is 4.79 Å². The van der Waals surface area contributed by atoms with E-state index in [1.54, 1.807) is 12.1 Å². The van der Waals surface area contributed by atoms with Crippen molar-refractivity contribution in [1.29, 1.82) is 0 Å². The summed E-state index contributed by atoms with van der Waals surface area (Å²) in [4.78, 5) is 17.7. The molecule has 1 heterocycles. The minimum atomic E-state index is -0.244. The van der Waals surface area contributed by atoms with Crippen molar-refractivity contribution >= 4 is 29.4 Å². The van der Waals surface area contributed by atoms with Crippen LogP contribution in [0.4, 0.5) is 4.39 Å². The maximum atomic E-state index is 12.9. The fraction of sp³-hybridized carbons (Fsp3) is 0.562. The number of hydrogen-bond donors (Lipinski definition) is 0. The molecule has 1 saturated heterocycles. The minimum Gasteiger partial charge on any atom is -0.337 e. The van der Waals surface area contributed by atoms with Crippen LogP contribution in [0.15, 0.2) is 29.2 Å². The second-order valence-electron chi connectivity index (χ2n) is 5.67. The van der Waals surface area contributed by atoms with Crippen LogP contribution in [-0.4, -0.2) is 66.2 Å². The molecule has 1 fully saturated rings. The predicted octanol–water partition coefficient (Wildman–Crippen LogP) is 2.81. The molecule has 1 atom stereocenters. The van der Waals surface area contributed by atoms with Crippen molar-refractivity contribution in [3.8, 4) is 0 Å². The molecule has 0 saturated carbocycles. The summed E-state index contributed by atoms with van der Waals surface area (Å²) in [6.07, 6.45) is 1.06. The summed E-state index contributed by atoms with van der Waals surface area (Å²) < 4.78 is 12.9. The molecule has 1 aliphatic heterocycles. The van der Waals surface area contributed by atoms with Gasteiger partial charge in [-0.05, 0) is 50.5 Å². The highest BCUT2D eigenvalue weighted by atomic mass is 32.2. The summed E-state index contributed by atoms with van der Waals surface area (Å²) in [5.74, 6) is 2.49. The van der Waals surface area contributed by atoms with E-state index < -0.39 is 0 Å². The first kappa shape index (κ1) is 17.6. The highest BCUT2D eigenvalue weighted by molar-refractivity contribution is 8.00. The van der Waals surface area contributed by atoms with E-state index in [9.17, 15) is 9.18 Å². The fourth-order valence-electron chi connectivity index (χ4n) is 2.49. The maximum absolute atomic E-state index is 12.9. The van der Waals surface area contributed by atoms with Gasteiger partial charge in [0.05, 0.1) is 11.8 Å². The molecule has 0 spiro atoms. The predicted molar refractivity (Wildman–Crippen MR) is 93.1 cm³/mol. The molecule has 1 aliphatic rings. The van der Waals surface area contributed by atoms with Crippen LogP contribution in [0, 0.1) is 5.82 Å². The van der Waals surface area contributed by atoms with Gasteiger partial charge in [0.1, 0.15) is 5.82 Å². The third kappa shape index (κ3) is 5.48. The smallest absolute Gasteiger partial charge is 0.233 e. The normalized spacial score (nSPS) is 19.3. The molecule has 2 rings (SSSR count). The average Bonchev–Trinajstić information content (AvgIpc) is 2.71. The van der Waals surface area contributed by atoms with Crippen molar-refractivity contribution in [2.75, 3.05) is 44.4 Å². The van der Waals surface area contributed by atoms with Gasteiger partial charge in [-0.25, -0.2) is 4.39 Å². The first-order chi connectivity index (χ1) is 10.6. The Labute approximate surface area is 140 Å². The van der Waals surface area contributed by atoms with Crippen LogP contribution >= 0.6 is 23.5 Å². The Morgan fingerprint density at radius 2 is 2.14 bits per heavy atom. The first-order valence-electron chi connectivity index (χ1n) is 7.46. The first-order valence-corrected chi connectivity index (χ1v) is 9.60. The lowest BCUT2D eigenvalue weighted by molar-refractivity contribution is -0.130. The summed E-state index contributed by atoms with van der Waals surface area (Å²) >= 11 is 3.41. The van der Waals surface area contributed by atoms with Crippen LogP contribution in [0.25, 0.3) is 0 Å². The van der Waals surface area contributed by atoms with Crippen molar-refractivity contribution in [2.24, 2.45) is 0 Å². The number of halogens is 1. The number of carbonyl (C=O) groups excluding carboxylic acids is 1. The second-order valence-corrected chi connectivity index (χ2v) is 7.87. The molecule has 1 aromatic carbocycles. The van der Waals surface area contributed by atoms with Gasteiger partial charge in [0.2, 0.25) is 5.91 Å². The summed E-state index contributed by atoms with van der Waals surface area (Å²) in [7, 11) is 4.09. The lowest BCUT2D eigenvalue weighted by atomic mass is 10.2. The molecule has 122 valence electrons. The SMILES string of the molecule is CN(C)C[C@@H]1CSCCCN1C(=O)CSc1ccc(F)cc1. The van der Waals surface area contributed by atoms with Crippen LogP contribution in [0.2, 0.25) is 0 Å². The van der Waals surface area contributed by atoms with E-state index in [2.05, 4.69) is 4.90 Å². The Morgan fingerprint density at radius 1 is 1.41 bits per heavy atom. The van der Waals surface area contributed by atoms with E-state index in [1.807, 2.05) is 30.8 Å². The Bertz CT molecular complexity index is 482. The highest BCUT2D eigenvalue weighted by Crippen LogP contribution is 2.22. The molecule has 0 radical (unpaired) electrons. The summed E-state index contributed by atoms with van der Waals surface area (Å²) in [6, 6.07) is 6.60. The van der Waals surface area contributed by atoms with E-state index in [4.69, 9.17) is 0 Å². The highest BCUT2D eigenvalue weighted by Gasteiger charge is 2.25. The van der Waals surface area contributed by atoms with Gasteiger partial charge in [-0.1, -0.05) is 0 Å². The number of benzene rings is 1. The van der Waals surface area contributed by atoms with Crippen LogP contribution in [0.1, 0.15) is 6.42 Å². The van der Waals surface area contributed by atoms with Crippen molar-refractivity contribution in [2.45, 2.75) is 17.4 Å². The van der Waals surface area contributed by atoms with E-state index in [0.29, 0.717) is 5.75 Å². The molecule has 1 aromatic rings. The zero-order valence-corrected chi connectivity index (χ0v) is 14.8. The second kappa shape index (κ2) is 8.79. The van der Waals surface area contributed by atoms with Gasteiger partial charge in [0.25, 0.3) is 0 Å². The quantitative estimate of drug-likeness (QED) is 0.768. The third-order valence-electron chi connectivity index (χ3n) is 3.51. The van der Waals surface area contributed by atoms with E-state index in [1.165, 1.54) is 23.9 Å². The molecule has 0 N–H and O–H groups in total. The van der Waals surface area contributed by atoms with Gasteiger partial charge in [0, 0.05) is 23.7 Å². The molecular formula is C16H23FN2OS2. The zero-order valence-electron chi connectivity index (χ0n) is 13.1. The Kier molecular flexibility index (Phi) is 7.05. The summed E-state index contributed by atoms with van der Waals surface area (Å²) in [5, 5.41) is 0. The third-order valence-corrected chi connectivity index (χ3v) is 5.71. The van der Waals surface area contributed by atoms with Gasteiger partial charge in [-0.2, -0.15) is 11.8 Å². The number of carbonyl (C=O) groups is 1. The standard InChI is InChI=1S/C16H23FN2OS2/c1-18(2)10-14-11-21-9-3-8-19(14)16(20)12-22-15-6-4-13(17)5-7-15/h4-7,14H,3,8-12H2,1-2H3/t14-/m1/s1. The Morgan fingerprint density at radius 3 is 2.82 bits per heavy atom. The van der Waals surface area contributed by atoms with Crippen LogP contribution < -0.4 is 0 Å². The lowest BCUT2D eigenvalue weighted by Crippen LogP contribution is -2.47. The van der Waals surface area contributed by atoms with E-state index in [0.717, 1.165) is 35.9 Å². The van der Waals surface area contributed by atoms with Crippen LogP contribution in [0.5, 0.6) is 0 Å². The van der Waals surface area contributed by atoms with Gasteiger partial charge < -0.3 is 9.80 Å². The van der Waals surface area contributed by atoms with Crippen molar-refractivity contribution < 1.29 is 9.18 Å². The number of hydrogen-bond acceptors (Lipinski definition) is 4. The Hall–Kier alpha value is -0.720. The maximum Gasteiger partial charge on any atom is 0.233 e. The van der Waals surface area contributed by atoms with Gasteiger partial charge in [0.15, 0.2) is 0 Å². The molecule has 3 nitrogen and oxygen atoms in total. The zero-order chi connectivity index (χ0) is 15.9. The topological polar surface area (TPSA) is 23.6 Å². The summed E-state index contributed by atoms with van der Waals surface area (Å²) in [6.45, 7) is 1.74. The number of thioether (sulfide) groups is 2. The monoisotopic (exact) mass is 342 g/mol. The van der Waals surface area contributed by atoms with Gasteiger partial charge in [-0.15, -0.1) is 11.8 Å². The molecule has 0 bridgehead atoms. The lowest BCUT2D eigenvalue weighted by Gasteiger charge is -2.31. The number of likely N-dealkylation sites (N-methyl/N-ethyl adjacent to an activating group) is 1. The number of amides is 1. The average molecular weight is 343 g/mol. The molecule has 1 amide bonds. The largest absolute Gasteiger partial charge is 0.337 e. The van der Waals surface area contributed by atoms with Crippen LogP contribution in [0.3, 0.4) is 0 Å². The summed E-state index contributed by atoms with van der Waals surface area (Å²) in [5.41, 5.74) is 0. The van der Waals surface area contributed by atoms with E-state index in [-0.39, 0.29) is 17.8 Å². The van der Waals surface area contributed by atoms with Gasteiger partial charge in [-0.3, -0.25) is 4.79 Å². The molecule has 0 aromatic heterocycles. The molecule has 22 heavy (non-hydrogen) atoms. The fourth-order valence-corrected chi connectivity index (χ4v) is 4.33. The van der Waals surface area contributed by atoms with Crippen molar-refractivity contribution in [1.82, 2.24) is 9.80 Å². The van der Waals surface area contributed by atoms with Gasteiger partial charge >= 0.3 is 0 Å².